The molecule has 0 fully saturated rings. The van der Waals surface area contributed by atoms with E-state index in [1.807, 2.05) is 0 Å². The van der Waals surface area contributed by atoms with Crippen molar-refractivity contribution in [2.45, 2.75) is 373 Å². The predicted octanol–water partition coefficient (Wildman–Crippen LogP) is 20.0. The van der Waals surface area contributed by atoms with Gasteiger partial charge in [-0.3, -0.25) is 9.59 Å². The molecule has 6 heteroatoms. The molecule has 0 spiro atoms. The zero-order chi connectivity index (χ0) is 50.7. The average Bonchev–Trinajstić information content (AvgIpc) is 3.36. The van der Waals surface area contributed by atoms with Crippen molar-refractivity contribution in [2.75, 3.05) is 13.2 Å². The van der Waals surface area contributed by atoms with E-state index in [0.717, 1.165) is 44.9 Å². The maximum absolute atomic E-state index is 12.5. The third-order valence-corrected chi connectivity index (χ3v) is 15.1. The Morgan fingerprint density at radius 1 is 0.386 bits per heavy atom. The number of hydrogen-bond donors (Lipinski definition) is 3. The number of hydrogen-bond acceptors (Lipinski definition) is 5. The van der Waals surface area contributed by atoms with E-state index in [0.29, 0.717) is 25.9 Å². The quantitative estimate of drug-likeness (QED) is 0.0321. The molecule has 6 nitrogen and oxygen atoms in total. The summed E-state index contributed by atoms with van der Waals surface area (Å²) >= 11 is 0. The summed E-state index contributed by atoms with van der Waals surface area (Å²) in [5.41, 5.74) is 0. The molecule has 2 unspecified atom stereocenters. The third kappa shape index (κ3) is 55.9. The molecule has 0 aromatic heterocycles. The molecule has 0 aromatic carbocycles. The molecule has 70 heavy (non-hydrogen) atoms. The second-order valence-electron chi connectivity index (χ2n) is 22.1. The van der Waals surface area contributed by atoms with Crippen LogP contribution in [0.3, 0.4) is 0 Å². The highest BCUT2D eigenvalue weighted by Gasteiger charge is 2.20. The summed E-state index contributed by atoms with van der Waals surface area (Å²) in [5.74, 6) is -0.0286. The Hall–Kier alpha value is -1.40. The minimum atomic E-state index is -0.665. The van der Waals surface area contributed by atoms with Gasteiger partial charge in [-0.1, -0.05) is 309 Å². The number of ether oxygens (including phenoxy) is 1. The highest BCUT2D eigenvalue weighted by molar-refractivity contribution is 5.76. The van der Waals surface area contributed by atoms with E-state index in [1.165, 1.54) is 283 Å². The van der Waals surface area contributed by atoms with Gasteiger partial charge in [0.25, 0.3) is 0 Å². The van der Waals surface area contributed by atoms with Gasteiger partial charge in [0.2, 0.25) is 5.91 Å². The van der Waals surface area contributed by atoms with Gasteiger partial charge in [-0.05, 0) is 51.4 Å². The normalized spacial score (nSPS) is 12.6. The number of nitrogens with one attached hydrogen (secondary N) is 1. The summed E-state index contributed by atoms with van der Waals surface area (Å²) in [6.45, 7) is 4.96. The Labute approximate surface area is 438 Å². The number of carbonyl (C=O) groups excluding carboxylic acids is 2. The summed E-state index contributed by atoms with van der Waals surface area (Å²) in [7, 11) is 0. The first-order chi connectivity index (χ1) is 34.5. The number of amides is 1. The standard InChI is InChI=1S/C64H125NO5/c1-3-5-7-9-11-13-15-17-18-19-23-26-29-33-36-40-44-48-52-56-62(67)61(60-66)65-63(68)57-53-49-45-41-37-34-30-27-24-21-20-22-25-28-31-35-39-43-47-51-55-59-70-64(69)58-54-50-46-42-38-32-16-14-12-10-8-6-4-2/h14,16,61-62,66-67H,3-13,15,17-60H2,1-2H3,(H,65,68)/b16-14-. The second-order valence-corrected chi connectivity index (χ2v) is 22.1. The van der Waals surface area contributed by atoms with Crippen molar-refractivity contribution < 1.29 is 24.5 Å². The van der Waals surface area contributed by atoms with Crippen LogP contribution in [-0.4, -0.2) is 47.4 Å². The van der Waals surface area contributed by atoms with Crippen LogP contribution >= 0.6 is 0 Å². The van der Waals surface area contributed by atoms with E-state index >= 15 is 0 Å². The highest BCUT2D eigenvalue weighted by atomic mass is 16.5. The fraction of sp³-hybridized carbons (Fsp3) is 0.938. The van der Waals surface area contributed by atoms with Crippen LogP contribution in [0, 0.1) is 0 Å². The van der Waals surface area contributed by atoms with E-state index < -0.39 is 12.1 Å². The Bertz CT molecular complexity index is 1050. The van der Waals surface area contributed by atoms with Crippen LogP contribution in [0.4, 0.5) is 0 Å². The van der Waals surface area contributed by atoms with E-state index in [1.54, 1.807) is 0 Å². The number of allylic oxidation sites excluding steroid dienone is 2. The molecule has 2 atom stereocenters. The Kier molecular flexibility index (Phi) is 59.0. The number of aliphatic hydroxyl groups is 2. The van der Waals surface area contributed by atoms with Gasteiger partial charge in [0.1, 0.15) is 0 Å². The first-order valence-electron chi connectivity index (χ1n) is 31.9. The smallest absolute Gasteiger partial charge is 0.305 e. The lowest BCUT2D eigenvalue weighted by Gasteiger charge is -2.22. The fourth-order valence-electron chi connectivity index (χ4n) is 10.2. The van der Waals surface area contributed by atoms with Crippen molar-refractivity contribution in [3.8, 4) is 0 Å². The van der Waals surface area contributed by atoms with E-state index in [-0.39, 0.29) is 18.5 Å². The SMILES string of the molecule is CCCCCC/C=C\CCCCCCCC(=O)OCCCCCCCCCCCCCCCCCCCCCCCC(=O)NC(CO)C(O)CCCCCCCCCCCCCCCCCCCCC. The minimum Gasteiger partial charge on any atom is -0.466 e. The second kappa shape index (κ2) is 60.2. The van der Waals surface area contributed by atoms with Crippen LogP contribution in [0.25, 0.3) is 0 Å². The lowest BCUT2D eigenvalue weighted by molar-refractivity contribution is -0.143. The molecule has 0 aliphatic heterocycles. The molecule has 0 saturated carbocycles. The van der Waals surface area contributed by atoms with Gasteiger partial charge in [0.15, 0.2) is 0 Å². The first-order valence-corrected chi connectivity index (χ1v) is 31.9. The molecule has 0 rings (SSSR count). The van der Waals surface area contributed by atoms with Gasteiger partial charge < -0.3 is 20.3 Å². The molecule has 1 amide bonds. The summed E-state index contributed by atoms with van der Waals surface area (Å²) in [4.78, 5) is 24.5. The molecule has 0 radical (unpaired) electrons. The van der Waals surface area contributed by atoms with Crippen LogP contribution in [0.2, 0.25) is 0 Å². The number of carbonyl (C=O) groups is 2. The zero-order valence-corrected chi connectivity index (χ0v) is 47.5. The monoisotopic (exact) mass is 988 g/mol. The zero-order valence-electron chi connectivity index (χ0n) is 47.5. The van der Waals surface area contributed by atoms with Crippen molar-refractivity contribution >= 4 is 11.9 Å². The number of esters is 1. The van der Waals surface area contributed by atoms with Crippen molar-refractivity contribution in [3.05, 3.63) is 12.2 Å². The van der Waals surface area contributed by atoms with Crippen LogP contribution < -0.4 is 5.32 Å². The molecule has 3 N–H and O–H groups in total. The van der Waals surface area contributed by atoms with Crippen molar-refractivity contribution in [2.24, 2.45) is 0 Å². The molecule has 0 bridgehead atoms. The van der Waals surface area contributed by atoms with Gasteiger partial charge in [0.05, 0.1) is 25.4 Å². The van der Waals surface area contributed by atoms with E-state index in [4.69, 9.17) is 4.74 Å². The highest BCUT2D eigenvalue weighted by Crippen LogP contribution is 2.18. The average molecular weight is 989 g/mol. The molecule has 0 aliphatic rings. The van der Waals surface area contributed by atoms with Crippen molar-refractivity contribution in [1.29, 1.82) is 0 Å². The Morgan fingerprint density at radius 2 is 0.671 bits per heavy atom. The summed E-state index contributed by atoms with van der Waals surface area (Å²) in [5, 5.41) is 23.4. The van der Waals surface area contributed by atoms with Crippen LogP contribution in [0.5, 0.6) is 0 Å². The predicted molar refractivity (Wildman–Crippen MR) is 306 cm³/mol. The first kappa shape index (κ1) is 68.6. The fourth-order valence-corrected chi connectivity index (χ4v) is 10.2. The maximum atomic E-state index is 12.5. The molecule has 0 saturated heterocycles. The summed E-state index contributed by atoms with van der Waals surface area (Å²) in [6.07, 6.45) is 72.2. The number of unbranched alkanes of at least 4 members (excludes halogenated alkanes) is 47. The van der Waals surface area contributed by atoms with Crippen LogP contribution in [0.1, 0.15) is 361 Å². The topological polar surface area (TPSA) is 95.9 Å². The van der Waals surface area contributed by atoms with Gasteiger partial charge >= 0.3 is 5.97 Å². The molecule has 0 aliphatic carbocycles. The lowest BCUT2D eigenvalue weighted by Crippen LogP contribution is -2.45. The van der Waals surface area contributed by atoms with Gasteiger partial charge in [0, 0.05) is 12.8 Å². The van der Waals surface area contributed by atoms with Gasteiger partial charge in [-0.25, -0.2) is 0 Å². The van der Waals surface area contributed by atoms with Crippen molar-refractivity contribution in [3.63, 3.8) is 0 Å². The lowest BCUT2D eigenvalue weighted by atomic mass is 10.0. The Morgan fingerprint density at radius 3 is 1.03 bits per heavy atom. The van der Waals surface area contributed by atoms with Crippen molar-refractivity contribution in [1.82, 2.24) is 5.32 Å². The molecule has 416 valence electrons. The molecule has 0 heterocycles. The largest absolute Gasteiger partial charge is 0.466 e. The maximum Gasteiger partial charge on any atom is 0.305 e. The molecular weight excluding hydrogens is 863 g/mol. The Balaban J connectivity index is 3.39. The summed E-state index contributed by atoms with van der Waals surface area (Å²) in [6, 6.07) is -0.542. The van der Waals surface area contributed by atoms with Gasteiger partial charge in [-0.15, -0.1) is 0 Å². The number of rotatable bonds is 60. The third-order valence-electron chi connectivity index (χ3n) is 15.1. The van der Waals surface area contributed by atoms with E-state index in [2.05, 4.69) is 31.3 Å². The molecular formula is C64H125NO5. The number of aliphatic hydroxyl groups excluding tert-OH is 2. The molecule has 0 aromatic rings. The minimum absolute atomic E-state index is 0.00363. The summed E-state index contributed by atoms with van der Waals surface area (Å²) < 4.78 is 5.47. The van der Waals surface area contributed by atoms with E-state index in [9.17, 15) is 19.8 Å². The van der Waals surface area contributed by atoms with Gasteiger partial charge in [-0.2, -0.15) is 0 Å². The van der Waals surface area contributed by atoms with Crippen LogP contribution in [0.15, 0.2) is 12.2 Å². The van der Waals surface area contributed by atoms with Crippen LogP contribution in [-0.2, 0) is 14.3 Å².